The number of fused-ring (bicyclic) bond motifs is 9. The molecule has 3 aromatic heterocycles. The molecule has 0 fully saturated rings. The quantitative estimate of drug-likeness (QED) is 0.224. The highest BCUT2D eigenvalue weighted by Crippen LogP contribution is 2.40. The van der Waals surface area contributed by atoms with Crippen LogP contribution in [-0.2, 0) is 6.42 Å². The zero-order valence-electron chi connectivity index (χ0n) is 22.2. The van der Waals surface area contributed by atoms with Crippen molar-refractivity contribution in [1.82, 2.24) is 8.97 Å². The smallest absolute Gasteiger partial charge is 0.0620 e. The van der Waals surface area contributed by atoms with Gasteiger partial charge in [0.15, 0.2) is 0 Å². The van der Waals surface area contributed by atoms with Crippen LogP contribution in [0.25, 0.3) is 65.6 Å². The topological polar surface area (TPSA) is 9.34 Å². The molecule has 0 aliphatic heterocycles. The summed E-state index contributed by atoms with van der Waals surface area (Å²) in [6.45, 7) is 2.21. The van der Waals surface area contributed by atoms with Crippen molar-refractivity contribution in [3.05, 3.63) is 144 Å². The second-order valence-corrected chi connectivity index (χ2v) is 11.1. The SMILES string of the molecule is Cc1cc2c3ccccc3n3c4cc(Cc5ccc6c(c5)c5ccccc5n6-c5ccccc5)ccc4c(c1)c23. The number of hydrogen-bond acceptors (Lipinski definition) is 0. The predicted octanol–water partition coefficient (Wildman–Crippen LogP) is 9.83. The fraction of sp³-hybridized carbons (Fsp3) is 0.0526. The van der Waals surface area contributed by atoms with Gasteiger partial charge in [-0.15, -0.1) is 0 Å². The predicted molar refractivity (Wildman–Crippen MR) is 169 cm³/mol. The van der Waals surface area contributed by atoms with Crippen LogP contribution in [0.5, 0.6) is 0 Å². The maximum Gasteiger partial charge on any atom is 0.0620 e. The lowest BCUT2D eigenvalue weighted by Gasteiger charge is -2.08. The first-order chi connectivity index (χ1) is 19.7. The van der Waals surface area contributed by atoms with Gasteiger partial charge in [0.05, 0.1) is 27.6 Å². The van der Waals surface area contributed by atoms with Crippen LogP contribution in [0.15, 0.2) is 127 Å². The van der Waals surface area contributed by atoms with E-state index in [-0.39, 0.29) is 0 Å². The molecule has 0 N–H and O–H groups in total. The lowest BCUT2D eigenvalue weighted by atomic mass is 10.0. The lowest BCUT2D eigenvalue weighted by molar-refractivity contribution is 1.17. The monoisotopic (exact) mass is 510 g/mol. The highest BCUT2D eigenvalue weighted by atomic mass is 15.0. The van der Waals surface area contributed by atoms with Crippen LogP contribution in [0.2, 0.25) is 0 Å². The molecule has 0 aliphatic rings. The number of aromatic nitrogens is 2. The average molecular weight is 511 g/mol. The van der Waals surface area contributed by atoms with Gasteiger partial charge >= 0.3 is 0 Å². The molecule has 2 heteroatoms. The summed E-state index contributed by atoms with van der Waals surface area (Å²) in [4.78, 5) is 0. The van der Waals surface area contributed by atoms with Gasteiger partial charge in [0.25, 0.3) is 0 Å². The Morgan fingerprint density at radius 1 is 0.450 bits per heavy atom. The second-order valence-electron chi connectivity index (χ2n) is 11.1. The maximum atomic E-state index is 2.48. The first-order valence-electron chi connectivity index (χ1n) is 14.0. The Balaban J connectivity index is 1.23. The number of para-hydroxylation sites is 3. The van der Waals surface area contributed by atoms with E-state index in [0.29, 0.717) is 0 Å². The molecule has 0 amide bonds. The molecule has 6 aromatic carbocycles. The van der Waals surface area contributed by atoms with E-state index in [1.54, 1.807) is 0 Å². The largest absolute Gasteiger partial charge is 0.309 e. The summed E-state index contributed by atoms with van der Waals surface area (Å²) in [5.41, 5.74) is 11.6. The van der Waals surface area contributed by atoms with Crippen LogP contribution in [0, 0.1) is 6.92 Å². The van der Waals surface area contributed by atoms with E-state index >= 15 is 0 Å². The minimum atomic E-state index is 0.895. The summed E-state index contributed by atoms with van der Waals surface area (Å²) in [7, 11) is 0. The van der Waals surface area contributed by atoms with Crippen LogP contribution >= 0.6 is 0 Å². The zero-order chi connectivity index (χ0) is 26.4. The minimum Gasteiger partial charge on any atom is -0.309 e. The molecule has 0 radical (unpaired) electrons. The molecule has 40 heavy (non-hydrogen) atoms. The Morgan fingerprint density at radius 2 is 1.05 bits per heavy atom. The van der Waals surface area contributed by atoms with Gasteiger partial charge in [-0.25, -0.2) is 0 Å². The first-order valence-corrected chi connectivity index (χ1v) is 14.0. The molecule has 9 rings (SSSR count). The molecule has 188 valence electrons. The summed E-state index contributed by atoms with van der Waals surface area (Å²) in [5.74, 6) is 0. The molecule has 0 bridgehead atoms. The van der Waals surface area contributed by atoms with E-state index < -0.39 is 0 Å². The molecule has 0 spiro atoms. The van der Waals surface area contributed by atoms with Crippen molar-refractivity contribution in [1.29, 1.82) is 0 Å². The lowest BCUT2D eigenvalue weighted by Crippen LogP contribution is -1.93. The van der Waals surface area contributed by atoms with Gasteiger partial charge in [-0.1, -0.05) is 72.8 Å². The van der Waals surface area contributed by atoms with Crippen molar-refractivity contribution in [3.8, 4) is 5.69 Å². The fourth-order valence-corrected chi connectivity index (χ4v) is 7.02. The molecule has 3 heterocycles. The highest BCUT2D eigenvalue weighted by molar-refractivity contribution is 6.23. The maximum absolute atomic E-state index is 2.48. The third-order valence-corrected chi connectivity index (χ3v) is 8.67. The summed E-state index contributed by atoms with van der Waals surface area (Å²) in [5, 5.41) is 7.97. The molecule has 9 aromatic rings. The van der Waals surface area contributed by atoms with Gasteiger partial charge < -0.3 is 8.97 Å². The molecular formula is C38H26N2. The van der Waals surface area contributed by atoms with Crippen molar-refractivity contribution in [2.75, 3.05) is 0 Å². The van der Waals surface area contributed by atoms with Crippen molar-refractivity contribution < 1.29 is 0 Å². The molecule has 0 atom stereocenters. The third kappa shape index (κ3) is 2.93. The van der Waals surface area contributed by atoms with Crippen LogP contribution in [0.4, 0.5) is 0 Å². The Labute approximate surface area is 231 Å². The molecular weight excluding hydrogens is 484 g/mol. The van der Waals surface area contributed by atoms with E-state index in [9.17, 15) is 0 Å². The second kappa shape index (κ2) is 7.97. The van der Waals surface area contributed by atoms with Gasteiger partial charge in [0.1, 0.15) is 0 Å². The molecule has 2 nitrogen and oxygen atoms in total. The fourth-order valence-electron chi connectivity index (χ4n) is 7.02. The zero-order valence-corrected chi connectivity index (χ0v) is 22.2. The van der Waals surface area contributed by atoms with Crippen molar-refractivity contribution >= 4 is 59.9 Å². The van der Waals surface area contributed by atoms with Crippen LogP contribution in [-0.4, -0.2) is 8.97 Å². The van der Waals surface area contributed by atoms with Gasteiger partial charge in [0.2, 0.25) is 0 Å². The van der Waals surface area contributed by atoms with E-state index in [1.165, 1.54) is 82.3 Å². The van der Waals surface area contributed by atoms with Gasteiger partial charge in [0, 0.05) is 38.0 Å². The summed E-state index contributed by atoms with van der Waals surface area (Å²) in [6.07, 6.45) is 0.895. The van der Waals surface area contributed by atoms with Gasteiger partial charge in [-0.3, -0.25) is 0 Å². The van der Waals surface area contributed by atoms with Crippen molar-refractivity contribution in [2.45, 2.75) is 13.3 Å². The number of rotatable bonds is 3. The third-order valence-electron chi connectivity index (χ3n) is 8.67. The summed E-state index contributed by atoms with van der Waals surface area (Å²) < 4.78 is 4.86. The highest BCUT2D eigenvalue weighted by Gasteiger charge is 2.18. The Kier molecular flexibility index (Phi) is 4.34. The molecule has 0 saturated carbocycles. The standard InChI is InChI=1S/C38H26N2/c1-24-19-32-29-12-6-8-14-35(29)40-37-23-26(15-17-30(37)33(20-24)38(32)40)21-25-16-18-36-31(22-25)28-11-5-7-13-34(28)39(36)27-9-3-2-4-10-27/h2-20,22-23H,21H2,1H3. The van der Waals surface area contributed by atoms with E-state index in [2.05, 4.69) is 143 Å². The Bertz CT molecular complexity index is 2400. The van der Waals surface area contributed by atoms with Gasteiger partial charge in [-0.05, 0) is 84.6 Å². The minimum absolute atomic E-state index is 0.895. The molecule has 0 unspecified atom stereocenters. The number of benzene rings is 6. The van der Waals surface area contributed by atoms with Crippen molar-refractivity contribution in [2.24, 2.45) is 0 Å². The Morgan fingerprint density at radius 3 is 1.85 bits per heavy atom. The Hall–Kier alpha value is -5.08. The molecule has 0 aliphatic carbocycles. The normalized spacial score (nSPS) is 12.2. The van der Waals surface area contributed by atoms with Crippen LogP contribution in [0.1, 0.15) is 16.7 Å². The van der Waals surface area contributed by atoms with E-state index in [1.807, 2.05) is 0 Å². The van der Waals surface area contributed by atoms with Crippen LogP contribution < -0.4 is 0 Å². The number of hydrogen-bond donors (Lipinski definition) is 0. The summed E-state index contributed by atoms with van der Waals surface area (Å²) >= 11 is 0. The van der Waals surface area contributed by atoms with Crippen molar-refractivity contribution in [3.63, 3.8) is 0 Å². The van der Waals surface area contributed by atoms with Gasteiger partial charge in [-0.2, -0.15) is 0 Å². The summed E-state index contributed by atoms with van der Waals surface area (Å²) in [6, 6.07) is 47.0. The molecule has 0 saturated heterocycles. The van der Waals surface area contributed by atoms with Crippen LogP contribution in [0.3, 0.4) is 0 Å². The van der Waals surface area contributed by atoms with E-state index in [0.717, 1.165) is 6.42 Å². The van der Waals surface area contributed by atoms with E-state index in [4.69, 9.17) is 0 Å². The number of nitrogens with zero attached hydrogens (tertiary/aromatic N) is 2. The average Bonchev–Trinajstić information content (AvgIpc) is 3.61. The first kappa shape index (κ1) is 21.8. The number of aryl methyl sites for hydroxylation is 1.